The third-order valence-electron chi connectivity index (χ3n) is 4.23. The molecule has 0 radical (unpaired) electrons. The van der Waals surface area contributed by atoms with E-state index in [9.17, 15) is 8.42 Å². The van der Waals surface area contributed by atoms with E-state index in [1.54, 1.807) is 12.3 Å². The predicted molar refractivity (Wildman–Crippen MR) is 102 cm³/mol. The summed E-state index contributed by atoms with van der Waals surface area (Å²) in [5.41, 5.74) is 2.91. The van der Waals surface area contributed by atoms with Gasteiger partial charge in [0, 0.05) is 31.2 Å². The number of anilines is 1. The summed E-state index contributed by atoms with van der Waals surface area (Å²) in [6.45, 7) is 4.28. The first-order valence-corrected chi connectivity index (χ1v) is 10.0. The zero-order valence-electron chi connectivity index (χ0n) is 14.4. The molecule has 1 aromatic carbocycles. The van der Waals surface area contributed by atoms with Gasteiger partial charge in [-0.15, -0.1) is 0 Å². The topological polar surface area (TPSA) is 62.3 Å². The molecule has 0 unspecified atom stereocenters. The van der Waals surface area contributed by atoms with E-state index in [-0.39, 0.29) is 6.54 Å². The molecule has 1 fully saturated rings. The maximum atomic E-state index is 12.2. The summed E-state index contributed by atoms with van der Waals surface area (Å²) in [5.74, 6) is 0.921. The Morgan fingerprint density at radius 3 is 2.60 bits per heavy atom. The molecule has 3 rings (SSSR count). The highest BCUT2D eigenvalue weighted by Crippen LogP contribution is 2.18. The summed E-state index contributed by atoms with van der Waals surface area (Å²) in [4.78, 5) is 6.62. The number of aryl methyl sites for hydroxylation is 1. The van der Waals surface area contributed by atoms with E-state index in [4.69, 9.17) is 0 Å². The third-order valence-corrected chi connectivity index (χ3v) is 5.28. The van der Waals surface area contributed by atoms with Crippen LogP contribution in [0.25, 0.3) is 6.08 Å². The van der Waals surface area contributed by atoms with Crippen molar-refractivity contribution in [3.8, 4) is 0 Å². The van der Waals surface area contributed by atoms with E-state index in [1.165, 1.54) is 18.2 Å². The first-order chi connectivity index (χ1) is 12.0. The minimum Gasteiger partial charge on any atom is -0.357 e. The molecule has 0 atom stereocenters. The molecule has 25 heavy (non-hydrogen) atoms. The van der Waals surface area contributed by atoms with Gasteiger partial charge in [-0.1, -0.05) is 29.8 Å². The molecule has 0 bridgehead atoms. The van der Waals surface area contributed by atoms with Crippen LogP contribution in [0.1, 0.15) is 29.5 Å². The fourth-order valence-electron chi connectivity index (χ4n) is 2.77. The Morgan fingerprint density at radius 1 is 1.16 bits per heavy atom. The van der Waals surface area contributed by atoms with Crippen LogP contribution in [0.15, 0.2) is 48.0 Å². The van der Waals surface area contributed by atoms with Crippen LogP contribution < -0.4 is 9.62 Å². The van der Waals surface area contributed by atoms with Crippen LogP contribution in [0.4, 0.5) is 5.82 Å². The Kier molecular flexibility index (Phi) is 5.50. The van der Waals surface area contributed by atoms with Gasteiger partial charge in [-0.25, -0.2) is 18.1 Å². The molecule has 1 N–H and O–H groups in total. The summed E-state index contributed by atoms with van der Waals surface area (Å²) in [7, 11) is -3.48. The van der Waals surface area contributed by atoms with Gasteiger partial charge in [0.25, 0.3) is 0 Å². The molecule has 0 saturated carbocycles. The molecule has 0 spiro atoms. The predicted octanol–water partition coefficient (Wildman–Crippen LogP) is 3.08. The van der Waals surface area contributed by atoms with Crippen molar-refractivity contribution in [2.75, 3.05) is 18.0 Å². The lowest BCUT2D eigenvalue weighted by atomic mass is 10.2. The van der Waals surface area contributed by atoms with Crippen molar-refractivity contribution in [1.82, 2.24) is 9.71 Å². The van der Waals surface area contributed by atoms with E-state index < -0.39 is 10.0 Å². The third kappa shape index (κ3) is 5.14. The van der Waals surface area contributed by atoms with Gasteiger partial charge in [0.2, 0.25) is 10.0 Å². The van der Waals surface area contributed by atoms with Gasteiger partial charge >= 0.3 is 0 Å². The maximum absolute atomic E-state index is 12.2. The number of hydrogen-bond donors (Lipinski definition) is 1. The van der Waals surface area contributed by atoms with Crippen molar-refractivity contribution in [3.63, 3.8) is 0 Å². The van der Waals surface area contributed by atoms with Crippen LogP contribution in [0.3, 0.4) is 0 Å². The average molecular weight is 357 g/mol. The van der Waals surface area contributed by atoms with E-state index in [1.807, 2.05) is 43.3 Å². The minimum absolute atomic E-state index is 0.254. The molecule has 0 aliphatic carbocycles. The van der Waals surface area contributed by atoms with Crippen LogP contribution in [0.5, 0.6) is 0 Å². The molecule has 1 saturated heterocycles. The second kappa shape index (κ2) is 7.80. The molecule has 1 aliphatic rings. The number of hydrogen-bond acceptors (Lipinski definition) is 4. The Balaban J connectivity index is 1.61. The number of benzene rings is 1. The smallest absolute Gasteiger partial charge is 0.234 e. The standard InChI is InChI=1S/C19H23N3O2S/c1-16-4-6-17(7-5-16)9-13-25(23,24)21-15-18-8-10-20-19(14-18)22-11-2-3-12-22/h4-10,13-14,21H,2-3,11-12,15H2,1H3/b13-9+. The summed E-state index contributed by atoms with van der Waals surface area (Å²) in [6.07, 6.45) is 5.70. The van der Waals surface area contributed by atoms with Gasteiger partial charge in [-0.3, -0.25) is 0 Å². The van der Waals surface area contributed by atoms with Crippen molar-refractivity contribution in [2.24, 2.45) is 0 Å². The van der Waals surface area contributed by atoms with Crippen LogP contribution >= 0.6 is 0 Å². The SMILES string of the molecule is Cc1ccc(/C=C/S(=O)(=O)NCc2ccnc(N3CCCC3)c2)cc1. The largest absolute Gasteiger partial charge is 0.357 e. The number of rotatable bonds is 6. The second-order valence-corrected chi connectivity index (χ2v) is 7.95. The van der Waals surface area contributed by atoms with E-state index in [2.05, 4.69) is 14.6 Å². The summed E-state index contributed by atoms with van der Waals surface area (Å²) >= 11 is 0. The molecule has 0 amide bonds. The van der Waals surface area contributed by atoms with Crippen molar-refractivity contribution in [2.45, 2.75) is 26.3 Å². The van der Waals surface area contributed by atoms with E-state index >= 15 is 0 Å². The Hall–Kier alpha value is -2.18. The number of nitrogens with zero attached hydrogens (tertiary/aromatic N) is 2. The summed E-state index contributed by atoms with van der Waals surface area (Å²) in [6, 6.07) is 11.5. The molecule has 132 valence electrons. The van der Waals surface area contributed by atoms with Crippen LogP contribution in [-0.4, -0.2) is 26.5 Å². The normalized spacial score (nSPS) is 15.2. The fourth-order valence-corrected chi connectivity index (χ4v) is 3.57. The van der Waals surface area contributed by atoms with Crippen molar-refractivity contribution < 1.29 is 8.42 Å². The molecule has 1 aromatic heterocycles. The number of pyridine rings is 1. The quantitative estimate of drug-likeness (QED) is 0.863. The van der Waals surface area contributed by atoms with Crippen LogP contribution in [-0.2, 0) is 16.6 Å². The molecule has 2 aromatic rings. The number of sulfonamides is 1. The van der Waals surface area contributed by atoms with Gasteiger partial charge in [0.05, 0.1) is 0 Å². The van der Waals surface area contributed by atoms with Crippen molar-refractivity contribution in [3.05, 3.63) is 64.7 Å². The second-order valence-electron chi connectivity index (χ2n) is 6.30. The zero-order valence-corrected chi connectivity index (χ0v) is 15.2. The lowest BCUT2D eigenvalue weighted by Crippen LogP contribution is -2.22. The molecule has 5 nitrogen and oxygen atoms in total. The van der Waals surface area contributed by atoms with Crippen molar-refractivity contribution >= 4 is 21.9 Å². The highest BCUT2D eigenvalue weighted by atomic mass is 32.2. The fraction of sp³-hybridized carbons (Fsp3) is 0.316. The highest BCUT2D eigenvalue weighted by molar-refractivity contribution is 7.92. The van der Waals surface area contributed by atoms with Crippen LogP contribution in [0, 0.1) is 6.92 Å². The molecule has 1 aliphatic heterocycles. The molecule has 6 heteroatoms. The molecular formula is C19H23N3O2S. The Bertz CT molecular complexity index is 839. The van der Waals surface area contributed by atoms with E-state index in [0.717, 1.165) is 35.6 Å². The van der Waals surface area contributed by atoms with Gasteiger partial charge in [0.15, 0.2) is 0 Å². The molecule has 2 heterocycles. The average Bonchev–Trinajstić information content (AvgIpc) is 3.15. The maximum Gasteiger partial charge on any atom is 0.234 e. The monoisotopic (exact) mass is 357 g/mol. The van der Waals surface area contributed by atoms with Gasteiger partial charge < -0.3 is 4.90 Å². The zero-order chi connectivity index (χ0) is 17.7. The highest BCUT2D eigenvalue weighted by Gasteiger charge is 2.14. The Labute approximate surface area is 149 Å². The summed E-state index contributed by atoms with van der Waals surface area (Å²) < 4.78 is 26.9. The first-order valence-electron chi connectivity index (χ1n) is 8.46. The number of nitrogens with one attached hydrogen (secondary N) is 1. The van der Waals surface area contributed by atoms with E-state index in [0.29, 0.717) is 0 Å². The van der Waals surface area contributed by atoms with Gasteiger partial charge in [0.1, 0.15) is 5.82 Å². The minimum atomic E-state index is -3.48. The van der Waals surface area contributed by atoms with Crippen LogP contribution in [0.2, 0.25) is 0 Å². The first kappa shape index (κ1) is 17.6. The lowest BCUT2D eigenvalue weighted by Gasteiger charge is -2.16. The van der Waals surface area contributed by atoms with Crippen molar-refractivity contribution in [1.29, 1.82) is 0 Å². The Morgan fingerprint density at radius 2 is 1.88 bits per heavy atom. The lowest BCUT2D eigenvalue weighted by molar-refractivity contribution is 0.590. The number of aromatic nitrogens is 1. The van der Waals surface area contributed by atoms with Gasteiger partial charge in [-0.2, -0.15) is 0 Å². The summed E-state index contributed by atoms with van der Waals surface area (Å²) in [5, 5.41) is 1.21. The molecular weight excluding hydrogens is 334 g/mol. The van der Waals surface area contributed by atoms with Gasteiger partial charge in [-0.05, 0) is 49.1 Å².